The topological polar surface area (TPSA) is 49.4 Å². The van der Waals surface area contributed by atoms with Gasteiger partial charge in [-0.1, -0.05) is 54.6 Å². The Hall–Kier alpha value is -2.62. The van der Waals surface area contributed by atoms with Crippen molar-refractivity contribution < 1.29 is 9.59 Å². The van der Waals surface area contributed by atoms with E-state index in [0.29, 0.717) is 13.1 Å². The summed E-state index contributed by atoms with van der Waals surface area (Å²) in [4.78, 5) is 27.1. The van der Waals surface area contributed by atoms with E-state index in [2.05, 4.69) is 23.5 Å². The Morgan fingerprint density at radius 1 is 0.885 bits per heavy atom. The molecule has 2 aliphatic rings. The molecular weight excluding hydrogens is 324 g/mol. The lowest BCUT2D eigenvalue weighted by Crippen LogP contribution is -2.46. The molecule has 1 atom stereocenters. The molecule has 0 saturated carbocycles. The number of benzene rings is 2. The van der Waals surface area contributed by atoms with Crippen LogP contribution >= 0.6 is 0 Å². The number of carbonyl (C=O) groups excluding carboxylic acids is 2. The van der Waals surface area contributed by atoms with E-state index in [-0.39, 0.29) is 23.8 Å². The van der Waals surface area contributed by atoms with Crippen molar-refractivity contribution in [3.05, 3.63) is 71.3 Å². The first-order chi connectivity index (χ1) is 12.7. The number of likely N-dealkylation sites (tertiary alicyclic amines) is 1. The van der Waals surface area contributed by atoms with Crippen LogP contribution in [0.2, 0.25) is 0 Å². The second kappa shape index (κ2) is 7.32. The summed E-state index contributed by atoms with van der Waals surface area (Å²) in [6, 6.07) is 17.9. The second-order valence-electron chi connectivity index (χ2n) is 7.23. The number of nitrogens with zero attached hydrogens (tertiary/aromatic N) is 1. The molecule has 4 heteroatoms. The van der Waals surface area contributed by atoms with Crippen LogP contribution in [0.3, 0.4) is 0 Å². The van der Waals surface area contributed by atoms with Crippen LogP contribution in [0.5, 0.6) is 0 Å². The van der Waals surface area contributed by atoms with Crippen molar-refractivity contribution in [3.8, 4) is 0 Å². The van der Waals surface area contributed by atoms with E-state index in [1.54, 1.807) is 0 Å². The molecule has 0 aromatic heterocycles. The maximum Gasteiger partial charge on any atom is 0.317 e. The van der Waals surface area contributed by atoms with E-state index in [0.717, 1.165) is 31.2 Å². The van der Waals surface area contributed by atoms with Gasteiger partial charge in [-0.15, -0.1) is 0 Å². The molecule has 1 aliphatic heterocycles. The first-order valence-electron chi connectivity index (χ1n) is 9.45. The average molecular weight is 348 g/mol. The zero-order valence-corrected chi connectivity index (χ0v) is 14.9. The Morgan fingerprint density at radius 3 is 2.35 bits per heavy atom. The first-order valence-corrected chi connectivity index (χ1v) is 9.45. The molecule has 2 aromatic carbocycles. The van der Waals surface area contributed by atoms with E-state index >= 15 is 0 Å². The van der Waals surface area contributed by atoms with Gasteiger partial charge in [-0.3, -0.25) is 4.79 Å². The molecule has 1 heterocycles. The minimum atomic E-state index is -0.00249. The van der Waals surface area contributed by atoms with E-state index in [4.69, 9.17) is 0 Å². The number of ketones is 1. The number of aryl methyl sites for hydroxylation is 1. The monoisotopic (exact) mass is 348 g/mol. The highest BCUT2D eigenvalue weighted by atomic mass is 16.2. The van der Waals surface area contributed by atoms with Crippen molar-refractivity contribution in [2.75, 3.05) is 13.1 Å². The van der Waals surface area contributed by atoms with Crippen LogP contribution in [0.25, 0.3) is 0 Å². The summed E-state index contributed by atoms with van der Waals surface area (Å²) < 4.78 is 0. The number of urea groups is 1. The number of amides is 2. The molecule has 1 unspecified atom stereocenters. The number of nitrogens with one attached hydrogen (secondary N) is 1. The van der Waals surface area contributed by atoms with Gasteiger partial charge < -0.3 is 10.2 Å². The second-order valence-corrected chi connectivity index (χ2v) is 7.23. The molecule has 0 bridgehead atoms. The Morgan fingerprint density at radius 2 is 1.58 bits per heavy atom. The summed E-state index contributed by atoms with van der Waals surface area (Å²) in [7, 11) is 0. The van der Waals surface area contributed by atoms with Gasteiger partial charge in [-0.2, -0.15) is 0 Å². The normalized spacial score (nSPS) is 19.8. The van der Waals surface area contributed by atoms with Crippen molar-refractivity contribution in [1.29, 1.82) is 0 Å². The average Bonchev–Trinajstić information content (AvgIpc) is 3.11. The van der Waals surface area contributed by atoms with E-state index < -0.39 is 0 Å². The van der Waals surface area contributed by atoms with Gasteiger partial charge in [0.2, 0.25) is 0 Å². The van der Waals surface area contributed by atoms with Crippen LogP contribution in [0.1, 0.15) is 46.8 Å². The van der Waals surface area contributed by atoms with Gasteiger partial charge in [0, 0.05) is 24.6 Å². The summed E-state index contributed by atoms with van der Waals surface area (Å²) in [5.74, 6) is 0.226. The van der Waals surface area contributed by atoms with Crippen LogP contribution in [-0.2, 0) is 6.42 Å². The molecule has 2 aromatic rings. The maximum absolute atomic E-state index is 12.6. The van der Waals surface area contributed by atoms with E-state index in [1.807, 2.05) is 41.3 Å². The maximum atomic E-state index is 12.6. The lowest BCUT2D eigenvalue weighted by atomic mass is 9.89. The number of hydrogen-bond acceptors (Lipinski definition) is 2. The zero-order valence-electron chi connectivity index (χ0n) is 14.9. The van der Waals surface area contributed by atoms with E-state index in [1.165, 1.54) is 11.1 Å². The number of fused-ring (bicyclic) bond motifs is 1. The molecular formula is C22H24N2O2. The highest BCUT2D eigenvalue weighted by Gasteiger charge is 2.30. The Kier molecular flexibility index (Phi) is 4.74. The third-order valence-corrected chi connectivity index (χ3v) is 5.64. The van der Waals surface area contributed by atoms with Crippen molar-refractivity contribution >= 4 is 11.8 Å². The SMILES string of the molecule is O=C(c1ccccc1)C1CCN(C(=O)NC2CCc3ccccc32)CC1. The molecule has 1 aliphatic carbocycles. The molecule has 1 N–H and O–H groups in total. The zero-order chi connectivity index (χ0) is 17.9. The molecule has 26 heavy (non-hydrogen) atoms. The van der Waals surface area contributed by atoms with Crippen molar-refractivity contribution in [2.24, 2.45) is 5.92 Å². The number of hydrogen-bond donors (Lipinski definition) is 1. The largest absolute Gasteiger partial charge is 0.331 e. The van der Waals surface area contributed by atoms with Crippen molar-refractivity contribution in [2.45, 2.75) is 31.7 Å². The molecule has 0 spiro atoms. The van der Waals surface area contributed by atoms with Gasteiger partial charge in [0.1, 0.15) is 0 Å². The number of rotatable bonds is 3. The molecule has 1 saturated heterocycles. The minimum absolute atomic E-state index is 0.00249. The molecule has 134 valence electrons. The highest BCUT2D eigenvalue weighted by Crippen LogP contribution is 2.31. The molecule has 0 radical (unpaired) electrons. The lowest BCUT2D eigenvalue weighted by molar-refractivity contribution is 0.0853. The summed E-state index contributed by atoms with van der Waals surface area (Å²) >= 11 is 0. The fraction of sp³-hybridized carbons (Fsp3) is 0.364. The van der Waals surface area contributed by atoms with Gasteiger partial charge >= 0.3 is 6.03 Å². The summed E-state index contributed by atoms with van der Waals surface area (Å²) in [5, 5.41) is 3.18. The predicted octanol–water partition coefficient (Wildman–Crippen LogP) is 3.98. The third kappa shape index (κ3) is 3.36. The molecule has 4 nitrogen and oxygen atoms in total. The van der Waals surface area contributed by atoms with Crippen LogP contribution in [0, 0.1) is 5.92 Å². The minimum Gasteiger partial charge on any atom is -0.331 e. The van der Waals surface area contributed by atoms with Crippen molar-refractivity contribution in [1.82, 2.24) is 10.2 Å². The quantitative estimate of drug-likeness (QED) is 0.853. The lowest BCUT2D eigenvalue weighted by Gasteiger charge is -2.32. The number of piperidine rings is 1. The summed E-state index contributed by atoms with van der Waals surface area (Å²) in [6.45, 7) is 1.28. The highest BCUT2D eigenvalue weighted by molar-refractivity contribution is 5.98. The van der Waals surface area contributed by atoms with Crippen LogP contribution in [0.4, 0.5) is 4.79 Å². The van der Waals surface area contributed by atoms with Gasteiger partial charge in [-0.25, -0.2) is 4.79 Å². The standard InChI is InChI=1S/C22H24N2O2/c25-21(17-7-2-1-3-8-17)18-12-14-24(15-13-18)22(26)23-20-11-10-16-6-4-5-9-19(16)20/h1-9,18,20H,10-15H2,(H,23,26). The van der Waals surface area contributed by atoms with Crippen LogP contribution in [0.15, 0.2) is 54.6 Å². The van der Waals surface area contributed by atoms with E-state index in [9.17, 15) is 9.59 Å². The number of carbonyl (C=O) groups is 2. The Balaban J connectivity index is 1.32. The van der Waals surface area contributed by atoms with Gasteiger partial charge in [0.05, 0.1) is 6.04 Å². The Bertz CT molecular complexity index is 795. The molecule has 1 fully saturated rings. The predicted molar refractivity (Wildman–Crippen MR) is 101 cm³/mol. The fourth-order valence-corrected chi connectivity index (χ4v) is 4.13. The third-order valence-electron chi connectivity index (χ3n) is 5.64. The van der Waals surface area contributed by atoms with Gasteiger partial charge in [0.25, 0.3) is 0 Å². The van der Waals surface area contributed by atoms with Crippen LogP contribution < -0.4 is 5.32 Å². The van der Waals surface area contributed by atoms with Crippen molar-refractivity contribution in [3.63, 3.8) is 0 Å². The molecule has 4 rings (SSSR count). The summed E-state index contributed by atoms with van der Waals surface area (Å²) in [6.07, 6.45) is 3.47. The summed E-state index contributed by atoms with van der Waals surface area (Å²) in [5.41, 5.74) is 3.36. The smallest absolute Gasteiger partial charge is 0.317 e. The van der Waals surface area contributed by atoms with Gasteiger partial charge in [0.15, 0.2) is 5.78 Å². The number of Topliss-reactive ketones (excluding diaryl/α,β-unsaturated/α-hetero) is 1. The molecule has 2 amide bonds. The first kappa shape index (κ1) is 16.8. The van der Waals surface area contributed by atoms with Gasteiger partial charge in [-0.05, 0) is 36.8 Å². The Labute approximate surface area is 154 Å². The van der Waals surface area contributed by atoms with Crippen LogP contribution in [-0.4, -0.2) is 29.8 Å². The fourth-order valence-electron chi connectivity index (χ4n) is 4.13.